The van der Waals surface area contributed by atoms with Crippen molar-refractivity contribution in [1.82, 2.24) is 14.8 Å². The minimum absolute atomic E-state index is 0.708. The molecule has 3 nitrogen and oxygen atoms in total. The molecule has 1 heterocycles. The standard InChI is InChI=1S/C13H15BrClN3/c1-3-6-18-12(8-14)16-17-13(18)11-7-10(15)5-4-9(11)2/h4-5,7H,3,6,8H2,1-2H3. The van der Waals surface area contributed by atoms with Crippen molar-refractivity contribution < 1.29 is 0 Å². The first-order valence-corrected chi connectivity index (χ1v) is 7.42. The molecule has 0 fully saturated rings. The summed E-state index contributed by atoms with van der Waals surface area (Å²) in [5.74, 6) is 1.84. The van der Waals surface area contributed by atoms with Crippen LogP contribution in [0.3, 0.4) is 0 Å². The average molecular weight is 329 g/mol. The van der Waals surface area contributed by atoms with Crippen LogP contribution in [-0.2, 0) is 11.9 Å². The number of nitrogens with zero attached hydrogens (tertiary/aromatic N) is 3. The van der Waals surface area contributed by atoms with E-state index in [9.17, 15) is 0 Å². The molecule has 0 aliphatic heterocycles. The zero-order valence-electron chi connectivity index (χ0n) is 10.5. The van der Waals surface area contributed by atoms with Gasteiger partial charge in [-0.15, -0.1) is 10.2 Å². The Kier molecular flexibility index (Phi) is 4.40. The Morgan fingerprint density at radius 3 is 2.78 bits per heavy atom. The first kappa shape index (κ1) is 13.6. The van der Waals surface area contributed by atoms with E-state index in [4.69, 9.17) is 11.6 Å². The average Bonchev–Trinajstić information content (AvgIpc) is 2.76. The molecular formula is C13H15BrClN3. The van der Waals surface area contributed by atoms with Crippen LogP contribution in [0.15, 0.2) is 18.2 Å². The maximum Gasteiger partial charge on any atom is 0.164 e. The lowest BCUT2D eigenvalue weighted by Gasteiger charge is -2.10. The van der Waals surface area contributed by atoms with E-state index in [1.54, 1.807) is 0 Å². The molecule has 0 N–H and O–H groups in total. The Morgan fingerprint density at radius 2 is 2.11 bits per heavy atom. The fourth-order valence-corrected chi connectivity index (χ4v) is 2.51. The number of hydrogen-bond donors (Lipinski definition) is 0. The van der Waals surface area contributed by atoms with Gasteiger partial charge in [0.25, 0.3) is 0 Å². The van der Waals surface area contributed by atoms with Crippen molar-refractivity contribution in [3.8, 4) is 11.4 Å². The topological polar surface area (TPSA) is 30.7 Å². The molecule has 0 saturated carbocycles. The van der Waals surface area contributed by atoms with Gasteiger partial charge in [-0.1, -0.05) is 40.5 Å². The molecule has 0 spiro atoms. The summed E-state index contributed by atoms with van der Waals surface area (Å²) in [7, 11) is 0. The molecule has 0 unspecified atom stereocenters. The second-order valence-corrected chi connectivity index (χ2v) is 5.18. The second kappa shape index (κ2) is 5.85. The van der Waals surface area contributed by atoms with Gasteiger partial charge in [-0.05, 0) is 31.0 Å². The third-order valence-corrected chi connectivity index (χ3v) is 3.57. The Morgan fingerprint density at radius 1 is 1.33 bits per heavy atom. The molecular weight excluding hydrogens is 314 g/mol. The summed E-state index contributed by atoms with van der Waals surface area (Å²) in [5, 5.41) is 9.96. The smallest absolute Gasteiger partial charge is 0.164 e. The normalized spacial score (nSPS) is 10.9. The van der Waals surface area contributed by atoms with Crippen molar-refractivity contribution in [2.24, 2.45) is 0 Å². The summed E-state index contributed by atoms with van der Waals surface area (Å²) < 4.78 is 2.15. The third kappa shape index (κ3) is 2.59. The molecule has 0 saturated heterocycles. The highest BCUT2D eigenvalue weighted by atomic mass is 79.9. The molecule has 5 heteroatoms. The fourth-order valence-electron chi connectivity index (χ4n) is 1.93. The second-order valence-electron chi connectivity index (χ2n) is 4.18. The molecule has 18 heavy (non-hydrogen) atoms. The number of rotatable bonds is 4. The van der Waals surface area contributed by atoms with Gasteiger partial charge >= 0.3 is 0 Å². The minimum Gasteiger partial charge on any atom is -0.310 e. The van der Waals surface area contributed by atoms with Crippen LogP contribution in [0.25, 0.3) is 11.4 Å². The highest BCUT2D eigenvalue weighted by Gasteiger charge is 2.14. The quantitative estimate of drug-likeness (QED) is 0.787. The van der Waals surface area contributed by atoms with E-state index in [0.29, 0.717) is 5.33 Å². The first-order valence-electron chi connectivity index (χ1n) is 5.92. The van der Waals surface area contributed by atoms with Crippen molar-refractivity contribution in [2.45, 2.75) is 32.1 Å². The van der Waals surface area contributed by atoms with Crippen LogP contribution in [0.1, 0.15) is 24.7 Å². The highest BCUT2D eigenvalue weighted by molar-refractivity contribution is 9.08. The van der Waals surface area contributed by atoms with Gasteiger partial charge in [-0.3, -0.25) is 0 Å². The molecule has 2 rings (SSSR count). The molecule has 0 amide bonds. The zero-order chi connectivity index (χ0) is 13.1. The minimum atomic E-state index is 0.708. The van der Waals surface area contributed by atoms with Crippen molar-refractivity contribution in [1.29, 1.82) is 0 Å². The lowest BCUT2D eigenvalue weighted by molar-refractivity contribution is 0.661. The van der Waals surface area contributed by atoms with Gasteiger partial charge in [-0.2, -0.15) is 0 Å². The summed E-state index contributed by atoms with van der Waals surface area (Å²) >= 11 is 9.52. The van der Waals surface area contributed by atoms with Crippen molar-refractivity contribution in [2.75, 3.05) is 0 Å². The molecule has 96 valence electrons. The van der Waals surface area contributed by atoms with E-state index >= 15 is 0 Å². The van der Waals surface area contributed by atoms with Crippen molar-refractivity contribution >= 4 is 27.5 Å². The van der Waals surface area contributed by atoms with Gasteiger partial charge in [0.1, 0.15) is 5.82 Å². The van der Waals surface area contributed by atoms with Crippen LogP contribution in [-0.4, -0.2) is 14.8 Å². The van der Waals surface area contributed by atoms with E-state index in [1.807, 2.05) is 18.2 Å². The summed E-state index contributed by atoms with van der Waals surface area (Å²) in [4.78, 5) is 0. The van der Waals surface area contributed by atoms with Gasteiger partial charge in [-0.25, -0.2) is 0 Å². The number of alkyl halides is 1. The van der Waals surface area contributed by atoms with Crippen LogP contribution in [0.5, 0.6) is 0 Å². The van der Waals surface area contributed by atoms with Crippen LogP contribution in [0.2, 0.25) is 5.02 Å². The molecule has 0 radical (unpaired) electrons. The van der Waals surface area contributed by atoms with E-state index in [0.717, 1.165) is 40.8 Å². The van der Waals surface area contributed by atoms with E-state index in [-0.39, 0.29) is 0 Å². The summed E-state index contributed by atoms with van der Waals surface area (Å²) in [6, 6.07) is 5.85. The summed E-state index contributed by atoms with van der Waals surface area (Å²) in [5.41, 5.74) is 2.21. The fraction of sp³-hybridized carbons (Fsp3) is 0.385. The van der Waals surface area contributed by atoms with Crippen molar-refractivity contribution in [3.63, 3.8) is 0 Å². The molecule has 0 aliphatic rings. The first-order chi connectivity index (χ1) is 8.67. The Hall–Kier alpha value is -0.870. The Labute approximate surface area is 120 Å². The number of benzene rings is 1. The molecule has 2 aromatic rings. The van der Waals surface area contributed by atoms with Gasteiger partial charge in [0.15, 0.2) is 5.82 Å². The summed E-state index contributed by atoms with van der Waals surface area (Å²) in [6.45, 7) is 5.12. The summed E-state index contributed by atoms with van der Waals surface area (Å²) in [6.07, 6.45) is 1.05. The maximum absolute atomic E-state index is 6.07. The monoisotopic (exact) mass is 327 g/mol. The lowest BCUT2D eigenvalue weighted by Crippen LogP contribution is -2.04. The van der Waals surface area contributed by atoms with Gasteiger partial charge < -0.3 is 4.57 Å². The van der Waals surface area contributed by atoms with Crippen LogP contribution in [0, 0.1) is 6.92 Å². The molecule has 1 aromatic heterocycles. The highest BCUT2D eigenvalue weighted by Crippen LogP contribution is 2.26. The van der Waals surface area contributed by atoms with Crippen LogP contribution in [0.4, 0.5) is 0 Å². The number of aryl methyl sites for hydroxylation is 1. The SMILES string of the molecule is CCCn1c(CBr)nnc1-c1cc(Cl)ccc1C. The largest absolute Gasteiger partial charge is 0.310 e. The molecule has 1 aromatic carbocycles. The van der Waals surface area contributed by atoms with Gasteiger partial charge in [0.2, 0.25) is 0 Å². The molecule has 0 aliphatic carbocycles. The molecule has 0 atom stereocenters. The third-order valence-electron chi connectivity index (χ3n) is 2.83. The molecule has 0 bridgehead atoms. The predicted molar refractivity (Wildman–Crippen MR) is 78.1 cm³/mol. The number of hydrogen-bond acceptors (Lipinski definition) is 2. The zero-order valence-corrected chi connectivity index (χ0v) is 12.8. The van der Waals surface area contributed by atoms with E-state index in [2.05, 4.69) is 44.5 Å². The maximum atomic E-state index is 6.07. The van der Waals surface area contributed by atoms with E-state index < -0.39 is 0 Å². The van der Waals surface area contributed by atoms with Gasteiger partial charge in [0.05, 0.1) is 5.33 Å². The Bertz CT molecular complexity index is 551. The predicted octanol–water partition coefficient (Wildman–Crippen LogP) is 4.21. The Balaban J connectivity index is 2.56. The van der Waals surface area contributed by atoms with Crippen LogP contribution >= 0.6 is 27.5 Å². The number of halogens is 2. The van der Waals surface area contributed by atoms with Gasteiger partial charge in [0, 0.05) is 17.1 Å². The van der Waals surface area contributed by atoms with E-state index in [1.165, 1.54) is 0 Å². The van der Waals surface area contributed by atoms with Crippen LogP contribution < -0.4 is 0 Å². The lowest BCUT2D eigenvalue weighted by atomic mass is 10.1. The number of aromatic nitrogens is 3. The van der Waals surface area contributed by atoms with Crippen molar-refractivity contribution in [3.05, 3.63) is 34.6 Å².